The van der Waals surface area contributed by atoms with E-state index >= 15 is 0 Å². The lowest BCUT2D eigenvalue weighted by Gasteiger charge is -2.34. The Hall–Kier alpha value is -2.66. The van der Waals surface area contributed by atoms with Gasteiger partial charge in [0, 0.05) is 23.6 Å². The molecule has 2 fully saturated rings. The van der Waals surface area contributed by atoms with Crippen LogP contribution in [0.1, 0.15) is 68.4 Å². The summed E-state index contributed by atoms with van der Waals surface area (Å²) in [6, 6.07) is 3.16. The van der Waals surface area contributed by atoms with Gasteiger partial charge < -0.3 is 20.7 Å². The van der Waals surface area contributed by atoms with Crippen LogP contribution in [0.3, 0.4) is 0 Å². The van der Waals surface area contributed by atoms with Crippen LogP contribution >= 0.6 is 0 Å². The first-order valence-corrected chi connectivity index (χ1v) is 11.2. The highest BCUT2D eigenvalue weighted by Crippen LogP contribution is 2.38. The summed E-state index contributed by atoms with van der Waals surface area (Å²) in [6.07, 6.45) is 6.33. The van der Waals surface area contributed by atoms with E-state index in [0.29, 0.717) is 18.8 Å². The third-order valence-corrected chi connectivity index (χ3v) is 7.00. The summed E-state index contributed by atoms with van der Waals surface area (Å²) >= 11 is 0. The molecule has 8 heteroatoms. The highest BCUT2D eigenvalue weighted by molar-refractivity contribution is 5.93. The third kappa shape index (κ3) is 4.24. The lowest BCUT2D eigenvalue weighted by atomic mass is 9.81. The van der Waals surface area contributed by atoms with Gasteiger partial charge in [-0.25, -0.2) is 4.98 Å². The highest BCUT2D eigenvalue weighted by Gasteiger charge is 2.37. The number of amides is 2. The van der Waals surface area contributed by atoms with Crippen molar-refractivity contribution in [3.05, 3.63) is 23.5 Å². The Bertz CT molecular complexity index is 901. The van der Waals surface area contributed by atoms with Crippen LogP contribution in [0.5, 0.6) is 5.75 Å². The summed E-state index contributed by atoms with van der Waals surface area (Å²) in [5, 5.41) is 12.3. The molecule has 3 heterocycles. The number of hydrogen-bond acceptors (Lipinski definition) is 6. The topological polar surface area (TPSA) is 121 Å². The number of aromatic nitrogens is 1. The third-order valence-electron chi connectivity index (χ3n) is 7.00. The summed E-state index contributed by atoms with van der Waals surface area (Å²) in [4.78, 5) is 31.4. The zero-order chi connectivity index (χ0) is 22.2. The number of rotatable bonds is 4. The molecule has 31 heavy (non-hydrogen) atoms. The summed E-state index contributed by atoms with van der Waals surface area (Å²) in [7, 11) is 0. The van der Waals surface area contributed by atoms with Gasteiger partial charge in [-0.1, -0.05) is 13.8 Å². The maximum absolute atomic E-state index is 12.8. The Morgan fingerprint density at radius 1 is 1.32 bits per heavy atom. The molecule has 1 saturated carbocycles. The normalized spacial score (nSPS) is 27.7. The molecule has 0 bridgehead atoms. The van der Waals surface area contributed by atoms with Crippen molar-refractivity contribution < 1.29 is 14.3 Å². The fourth-order valence-corrected chi connectivity index (χ4v) is 4.99. The average molecular weight is 426 g/mol. The molecule has 1 aromatic rings. The first-order valence-electron chi connectivity index (χ1n) is 11.2. The van der Waals surface area contributed by atoms with Gasteiger partial charge in [0.2, 0.25) is 5.91 Å². The van der Waals surface area contributed by atoms with Crippen molar-refractivity contribution in [2.75, 3.05) is 13.2 Å². The smallest absolute Gasteiger partial charge is 0.270 e. The van der Waals surface area contributed by atoms with Crippen LogP contribution in [-0.4, -0.2) is 53.0 Å². The van der Waals surface area contributed by atoms with E-state index < -0.39 is 6.04 Å². The second kappa shape index (κ2) is 8.46. The monoisotopic (exact) mass is 425 g/mol. The number of nitriles is 1. The number of likely N-dealkylation sites (tertiary alicyclic amines) is 1. The maximum Gasteiger partial charge on any atom is 0.270 e. The lowest BCUT2D eigenvalue weighted by molar-refractivity contribution is -0.134. The predicted molar refractivity (Wildman–Crippen MR) is 114 cm³/mol. The lowest BCUT2D eigenvalue weighted by Crippen LogP contribution is -2.50. The van der Waals surface area contributed by atoms with Gasteiger partial charge in [0.05, 0.1) is 24.9 Å². The summed E-state index contributed by atoms with van der Waals surface area (Å²) < 4.78 is 5.65. The van der Waals surface area contributed by atoms with Gasteiger partial charge in [0.15, 0.2) is 0 Å². The van der Waals surface area contributed by atoms with E-state index in [9.17, 15) is 14.9 Å². The fraction of sp³-hybridized carbons (Fsp3) is 0.652. The molecule has 4 rings (SSSR count). The van der Waals surface area contributed by atoms with Crippen molar-refractivity contribution in [1.29, 1.82) is 5.26 Å². The van der Waals surface area contributed by atoms with Crippen LogP contribution in [0.2, 0.25) is 0 Å². The second-order valence-corrected chi connectivity index (χ2v) is 9.67. The van der Waals surface area contributed by atoms with E-state index in [0.717, 1.165) is 49.8 Å². The zero-order valence-corrected chi connectivity index (χ0v) is 18.3. The summed E-state index contributed by atoms with van der Waals surface area (Å²) in [6.45, 7) is 5.39. The molecule has 166 valence electrons. The Kier molecular flexibility index (Phi) is 5.89. The Morgan fingerprint density at radius 3 is 2.77 bits per heavy atom. The molecule has 0 radical (unpaired) electrons. The van der Waals surface area contributed by atoms with Crippen LogP contribution < -0.4 is 15.8 Å². The fourth-order valence-electron chi connectivity index (χ4n) is 4.99. The van der Waals surface area contributed by atoms with Crippen molar-refractivity contribution >= 4 is 11.8 Å². The summed E-state index contributed by atoms with van der Waals surface area (Å²) in [5.41, 5.74) is 7.58. The van der Waals surface area contributed by atoms with Gasteiger partial charge in [-0.3, -0.25) is 9.59 Å². The second-order valence-electron chi connectivity index (χ2n) is 9.67. The molecule has 0 aromatic carbocycles. The number of nitrogens with two attached hydrogens (primary N) is 1. The molecule has 2 amide bonds. The van der Waals surface area contributed by atoms with Gasteiger partial charge in [0.25, 0.3) is 5.91 Å². The number of ether oxygens (including phenoxy) is 1. The Balaban J connectivity index is 1.31. The molecule has 3 N–H and O–H groups in total. The van der Waals surface area contributed by atoms with Gasteiger partial charge >= 0.3 is 0 Å². The molecule has 3 aliphatic rings. The van der Waals surface area contributed by atoms with E-state index in [-0.39, 0.29) is 35.2 Å². The molecule has 2 aliphatic heterocycles. The largest absolute Gasteiger partial charge is 0.491 e. The summed E-state index contributed by atoms with van der Waals surface area (Å²) in [5.74, 6) is 0.543. The Morgan fingerprint density at radius 2 is 2.06 bits per heavy atom. The number of fused-ring (bicyclic) bond motifs is 1. The first-order chi connectivity index (χ1) is 14.8. The van der Waals surface area contributed by atoms with Gasteiger partial charge in [0.1, 0.15) is 17.5 Å². The Labute approximate surface area is 183 Å². The number of hydrogen-bond donors (Lipinski definition) is 2. The molecule has 1 aromatic heterocycles. The quantitative estimate of drug-likeness (QED) is 0.760. The van der Waals surface area contributed by atoms with Crippen molar-refractivity contribution in [2.45, 2.75) is 75.9 Å². The van der Waals surface area contributed by atoms with Crippen LogP contribution in [0, 0.1) is 17.2 Å². The zero-order valence-electron chi connectivity index (χ0n) is 18.3. The van der Waals surface area contributed by atoms with Gasteiger partial charge in [-0.15, -0.1) is 0 Å². The minimum atomic E-state index is -0.578. The number of pyridine rings is 1. The van der Waals surface area contributed by atoms with Gasteiger partial charge in [-0.05, 0) is 50.5 Å². The molecule has 0 unspecified atom stereocenters. The SMILES string of the molecule is CC1(C)COc2cnc(C(=O)N[C@H]3CC[C@H]([C@H](N)C(=O)N4CCC[C@H]4C#N)CC3)cc21. The van der Waals surface area contributed by atoms with E-state index in [1.165, 1.54) is 0 Å². The van der Waals surface area contributed by atoms with Crippen molar-refractivity contribution in [2.24, 2.45) is 11.7 Å². The average Bonchev–Trinajstić information content (AvgIpc) is 3.37. The molecule has 2 atom stereocenters. The molecular weight excluding hydrogens is 394 g/mol. The van der Waals surface area contributed by atoms with E-state index in [1.807, 2.05) is 6.07 Å². The molecule has 1 aliphatic carbocycles. The van der Waals surface area contributed by atoms with Gasteiger partial charge in [-0.2, -0.15) is 5.26 Å². The van der Waals surface area contributed by atoms with Crippen molar-refractivity contribution in [3.63, 3.8) is 0 Å². The number of carbonyl (C=O) groups is 2. The van der Waals surface area contributed by atoms with E-state index in [4.69, 9.17) is 10.5 Å². The minimum absolute atomic E-state index is 0.0454. The maximum atomic E-state index is 12.8. The molecule has 0 spiro atoms. The first kappa shape index (κ1) is 21.6. The highest BCUT2D eigenvalue weighted by atomic mass is 16.5. The number of nitrogens with one attached hydrogen (secondary N) is 1. The van der Waals surface area contributed by atoms with Crippen molar-refractivity contribution in [3.8, 4) is 11.8 Å². The number of nitrogens with zero attached hydrogens (tertiary/aromatic N) is 3. The minimum Gasteiger partial charge on any atom is -0.491 e. The van der Waals surface area contributed by atoms with E-state index in [2.05, 4.69) is 30.2 Å². The number of carbonyl (C=O) groups excluding carboxylic acids is 2. The van der Waals surface area contributed by atoms with Crippen LogP contribution in [0.15, 0.2) is 12.3 Å². The predicted octanol–water partition coefficient (Wildman–Crippen LogP) is 1.88. The van der Waals surface area contributed by atoms with Crippen LogP contribution in [-0.2, 0) is 10.2 Å². The van der Waals surface area contributed by atoms with E-state index in [1.54, 1.807) is 11.1 Å². The van der Waals surface area contributed by atoms with Crippen LogP contribution in [0.4, 0.5) is 0 Å². The molecule has 1 saturated heterocycles. The van der Waals surface area contributed by atoms with Crippen LogP contribution in [0.25, 0.3) is 0 Å². The standard InChI is InChI=1S/C23H31N5O3/c1-23(2)13-31-19-12-26-18(10-17(19)23)21(29)27-15-7-5-14(6-8-15)20(25)22(30)28-9-3-4-16(28)11-24/h10,12,14-16,20H,3-9,13,25H2,1-2H3,(H,27,29)/t14-,15-,16-,20-/m0/s1. The van der Waals surface area contributed by atoms with Crippen molar-refractivity contribution in [1.82, 2.24) is 15.2 Å². The molecular formula is C23H31N5O3. The molecule has 8 nitrogen and oxygen atoms in total.